The highest BCUT2D eigenvalue weighted by atomic mass is 32.2. The van der Waals surface area contributed by atoms with Crippen LogP contribution in [0.25, 0.3) is 0 Å². The van der Waals surface area contributed by atoms with E-state index < -0.39 is 14.9 Å². The molecule has 0 amide bonds. The molecule has 9 heteroatoms. The van der Waals surface area contributed by atoms with Crippen LogP contribution >= 0.6 is 0 Å². The second-order valence-electron chi connectivity index (χ2n) is 6.53. The SMILES string of the molecule is COc1cccc(C2CCN(c3cc([N+](=O)[O-])cc(S(N)(=O)=O)c3)CC2)c1. The van der Waals surface area contributed by atoms with Gasteiger partial charge in [-0.05, 0) is 42.5 Å². The van der Waals surface area contributed by atoms with Crippen molar-refractivity contribution in [3.63, 3.8) is 0 Å². The number of benzene rings is 2. The smallest absolute Gasteiger partial charge is 0.272 e. The first kappa shape index (κ1) is 19.1. The Bertz CT molecular complexity index is 953. The van der Waals surface area contributed by atoms with Gasteiger partial charge in [0.15, 0.2) is 0 Å². The standard InChI is InChI=1S/C18H21N3O5S/c1-26-17-4-2-3-14(9-17)13-5-7-20(8-6-13)15-10-16(21(22)23)12-18(11-15)27(19,24)25/h2-4,9-13H,5-8H2,1H3,(H2,19,24,25). The first-order valence-electron chi connectivity index (χ1n) is 8.49. The highest BCUT2D eigenvalue weighted by Crippen LogP contribution is 2.34. The minimum atomic E-state index is -4.03. The Morgan fingerprint density at radius 3 is 2.48 bits per heavy atom. The molecular weight excluding hydrogens is 370 g/mol. The Morgan fingerprint density at radius 1 is 1.19 bits per heavy atom. The Morgan fingerprint density at radius 2 is 1.89 bits per heavy atom. The van der Waals surface area contributed by atoms with Crippen molar-refractivity contribution in [1.82, 2.24) is 0 Å². The third-order valence-corrected chi connectivity index (χ3v) is 5.73. The molecule has 0 unspecified atom stereocenters. The lowest BCUT2D eigenvalue weighted by atomic mass is 9.89. The van der Waals surface area contributed by atoms with Crippen molar-refractivity contribution in [2.24, 2.45) is 5.14 Å². The minimum Gasteiger partial charge on any atom is -0.497 e. The van der Waals surface area contributed by atoms with E-state index in [2.05, 4.69) is 6.07 Å². The molecule has 0 bridgehead atoms. The maximum Gasteiger partial charge on any atom is 0.272 e. The summed E-state index contributed by atoms with van der Waals surface area (Å²) in [5, 5.41) is 16.3. The molecule has 2 aromatic rings. The van der Waals surface area contributed by atoms with E-state index in [0.29, 0.717) is 24.7 Å². The number of nitrogens with zero attached hydrogens (tertiary/aromatic N) is 2. The van der Waals surface area contributed by atoms with E-state index in [4.69, 9.17) is 9.88 Å². The van der Waals surface area contributed by atoms with Gasteiger partial charge in [0.25, 0.3) is 5.69 Å². The summed E-state index contributed by atoms with van der Waals surface area (Å²) in [5.74, 6) is 1.17. The maximum atomic E-state index is 11.7. The number of hydrogen-bond acceptors (Lipinski definition) is 6. The van der Waals surface area contributed by atoms with Gasteiger partial charge in [-0.3, -0.25) is 10.1 Å². The fraction of sp³-hybridized carbons (Fsp3) is 0.333. The monoisotopic (exact) mass is 391 g/mol. The van der Waals surface area contributed by atoms with Crippen LogP contribution in [0.5, 0.6) is 5.75 Å². The topological polar surface area (TPSA) is 116 Å². The van der Waals surface area contributed by atoms with E-state index in [1.54, 1.807) is 7.11 Å². The lowest BCUT2D eigenvalue weighted by molar-refractivity contribution is -0.385. The summed E-state index contributed by atoms with van der Waals surface area (Å²) >= 11 is 0. The average Bonchev–Trinajstić information content (AvgIpc) is 2.67. The van der Waals surface area contributed by atoms with Gasteiger partial charge in [-0.25, -0.2) is 13.6 Å². The molecule has 1 fully saturated rings. The van der Waals surface area contributed by atoms with Crippen LogP contribution in [0, 0.1) is 10.1 Å². The number of primary sulfonamides is 1. The second-order valence-corrected chi connectivity index (χ2v) is 8.09. The molecule has 2 aromatic carbocycles. The van der Waals surface area contributed by atoms with Crippen LogP contribution in [-0.2, 0) is 10.0 Å². The third kappa shape index (κ3) is 4.37. The number of ether oxygens (including phenoxy) is 1. The summed E-state index contributed by atoms with van der Waals surface area (Å²) in [5.41, 5.74) is 1.40. The molecule has 144 valence electrons. The summed E-state index contributed by atoms with van der Waals surface area (Å²) in [6, 6.07) is 11.7. The number of nitrogens with two attached hydrogens (primary N) is 1. The summed E-state index contributed by atoms with van der Waals surface area (Å²) in [4.78, 5) is 12.3. The van der Waals surface area contributed by atoms with Crippen molar-refractivity contribution in [3.05, 3.63) is 58.1 Å². The largest absolute Gasteiger partial charge is 0.497 e. The van der Waals surface area contributed by atoms with Gasteiger partial charge in [0.2, 0.25) is 10.0 Å². The Kier molecular flexibility index (Phi) is 5.33. The van der Waals surface area contributed by atoms with Crippen molar-refractivity contribution in [2.45, 2.75) is 23.7 Å². The molecular formula is C18H21N3O5S. The number of sulfonamides is 1. The number of piperidine rings is 1. The molecule has 8 nitrogen and oxygen atoms in total. The van der Waals surface area contributed by atoms with Crippen molar-refractivity contribution in [1.29, 1.82) is 0 Å². The second kappa shape index (κ2) is 7.53. The van der Waals surface area contributed by atoms with Crippen LogP contribution in [0.1, 0.15) is 24.3 Å². The molecule has 1 saturated heterocycles. The Labute approximate surface area is 157 Å². The van der Waals surface area contributed by atoms with Gasteiger partial charge < -0.3 is 9.64 Å². The quantitative estimate of drug-likeness (QED) is 0.619. The molecule has 0 aliphatic carbocycles. The van der Waals surface area contributed by atoms with E-state index >= 15 is 0 Å². The van der Waals surface area contributed by atoms with Gasteiger partial charge in [0.05, 0.1) is 16.9 Å². The number of rotatable bonds is 5. The number of methoxy groups -OCH3 is 1. The molecule has 2 N–H and O–H groups in total. The minimum absolute atomic E-state index is 0.249. The van der Waals surface area contributed by atoms with Gasteiger partial charge >= 0.3 is 0 Å². The normalized spacial score (nSPS) is 15.6. The van der Waals surface area contributed by atoms with Crippen molar-refractivity contribution < 1.29 is 18.1 Å². The predicted molar refractivity (Wildman–Crippen MR) is 102 cm³/mol. The van der Waals surface area contributed by atoms with E-state index in [9.17, 15) is 18.5 Å². The number of anilines is 1. The molecule has 1 heterocycles. The van der Waals surface area contributed by atoms with Gasteiger partial charge in [0.1, 0.15) is 5.75 Å². The van der Waals surface area contributed by atoms with Crippen molar-refractivity contribution in [2.75, 3.05) is 25.1 Å². The maximum absolute atomic E-state index is 11.7. The summed E-state index contributed by atoms with van der Waals surface area (Å²) in [6.45, 7) is 1.32. The van der Waals surface area contributed by atoms with Crippen molar-refractivity contribution >= 4 is 21.4 Å². The number of nitro benzene ring substituents is 1. The lowest BCUT2D eigenvalue weighted by Gasteiger charge is -2.34. The molecule has 1 aliphatic rings. The molecule has 3 rings (SSSR count). The Balaban J connectivity index is 1.81. The first-order chi connectivity index (χ1) is 12.8. The van der Waals surface area contributed by atoms with E-state index in [0.717, 1.165) is 24.7 Å². The van der Waals surface area contributed by atoms with Crippen LogP contribution in [0.2, 0.25) is 0 Å². The van der Waals surface area contributed by atoms with Gasteiger partial charge in [-0.15, -0.1) is 0 Å². The zero-order chi connectivity index (χ0) is 19.6. The molecule has 0 radical (unpaired) electrons. The van der Waals surface area contributed by atoms with E-state index in [1.165, 1.54) is 17.7 Å². The molecule has 0 spiro atoms. The number of nitro groups is 1. The van der Waals surface area contributed by atoms with Crippen molar-refractivity contribution in [3.8, 4) is 5.75 Å². The number of non-ortho nitro benzene ring substituents is 1. The summed E-state index contributed by atoms with van der Waals surface area (Å²) < 4.78 is 28.6. The predicted octanol–water partition coefficient (Wildman–Crippen LogP) is 2.63. The first-order valence-corrected chi connectivity index (χ1v) is 10.0. The zero-order valence-electron chi connectivity index (χ0n) is 14.9. The summed E-state index contributed by atoms with van der Waals surface area (Å²) in [7, 11) is -2.39. The summed E-state index contributed by atoms with van der Waals surface area (Å²) in [6.07, 6.45) is 1.70. The van der Waals surface area contributed by atoms with E-state index in [-0.39, 0.29) is 10.6 Å². The third-order valence-electron chi connectivity index (χ3n) is 4.84. The highest BCUT2D eigenvalue weighted by Gasteiger charge is 2.24. The van der Waals surface area contributed by atoms with Crippen LogP contribution < -0.4 is 14.8 Å². The lowest BCUT2D eigenvalue weighted by Crippen LogP contribution is -2.33. The fourth-order valence-electron chi connectivity index (χ4n) is 3.39. The van der Waals surface area contributed by atoms with E-state index in [1.807, 2.05) is 23.1 Å². The molecule has 1 aliphatic heterocycles. The average molecular weight is 391 g/mol. The van der Waals surface area contributed by atoms with Gasteiger partial charge in [0, 0.05) is 30.9 Å². The molecule has 27 heavy (non-hydrogen) atoms. The van der Waals surface area contributed by atoms with Crippen LogP contribution in [0.15, 0.2) is 47.4 Å². The zero-order valence-corrected chi connectivity index (χ0v) is 15.7. The fourth-order valence-corrected chi connectivity index (χ4v) is 3.96. The van der Waals surface area contributed by atoms with Gasteiger partial charge in [-0.1, -0.05) is 12.1 Å². The highest BCUT2D eigenvalue weighted by molar-refractivity contribution is 7.89. The molecule has 0 atom stereocenters. The Hall–Kier alpha value is -2.65. The van der Waals surface area contributed by atoms with Crippen LogP contribution in [0.4, 0.5) is 11.4 Å². The molecule has 0 aromatic heterocycles. The molecule has 0 saturated carbocycles. The number of hydrogen-bond donors (Lipinski definition) is 1. The van der Waals surface area contributed by atoms with Gasteiger partial charge in [-0.2, -0.15) is 0 Å². The van der Waals surface area contributed by atoms with Crippen LogP contribution in [0.3, 0.4) is 0 Å². The van der Waals surface area contributed by atoms with Crippen LogP contribution in [-0.4, -0.2) is 33.5 Å².